The van der Waals surface area contributed by atoms with Gasteiger partial charge >= 0.3 is 0 Å². The van der Waals surface area contributed by atoms with Crippen molar-refractivity contribution >= 4 is 40.2 Å². The first-order chi connectivity index (χ1) is 7.18. The summed E-state index contributed by atoms with van der Waals surface area (Å²) in [6.07, 6.45) is 1.67. The number of ketones is 1. The van der Waals surface area contributed by atoms with Gasteiger partial charge in [-0.2, -0.15) is 0 Å². The van der Waals surface area contributed by atoms with E-state index in [0.717, 1.165) is 14.8 Å². The Balaban J connectivity index is 2.40. The van der Waals surface area contributed by atoms with Crippen molar-refractivity contribution in [3.63, 3.8) is 0 Å². The second kappa shape index (κ2) is 4.23. The van der Waals surface area contributed by atoms with E-state index < -0.39 is 0 Å². The number of rotatable bonds is 3. The zero-order valence-corrected chi connectivity index (χ0v) is 9.22. The first-order valence-electron chi connectivity index (χ1n) is 4.37. The van der Waals surface area contributed by atoms with Gasteiger partial charge in [0.2, 0.25) is 0 Å². The number of carbonyl (C=O) groups is 1. The van der Waals surface area contributed by atoms with Gasteiger partial charge < -0.3 is 4.98 Å². The van der Waals surface area contributed by atoms with E-state index in [0.29, 0.717) is 5.56 Å². The van der Waals surface area contributed by atoms with Gasteiger partial charge in [-0.3, -0.25) is 4.79 Å². The number of H-pyrrole nitrogens is 1. The molecule has 0 spiro atoms. The minimum absolute atomic E-state index is 0.0229. The maximum absolute atomic E-state index is 11.7. The number of nitrogens with zero attached hydrogens (tertiary/aromatic N) is 1. The van der Waals surface area contributed by atoms with E-state index in [9.17, 15) is 4.79 Å². The lowest BCUT2D eigenvalue weighted by molar-refractivity contribution is 0.0986. The van der Waals surface area contributed by atoms with Crippen molar-refractivity contribution in [2.45, 2.75) is 0 Å². The van der Waals surface area contributed by atoms with Crippen LogP contribution in [0.15, 0.2) is 30.5 Å². The summed E-state index contributed by atoms with van der Waals surface area (Å²) in [6.45, 7) is -0.0229. The van der Waals surface area contributed by atoms with E-state index in [4.69, 9.17) is 23.6 Å². The van der Waals surface area contributed by atoms with Crippen molar-refractivity contribution < 1.29 is 4.79 Å². The highest BCUT2D eigenvalue weighted by Crippen LogP contribution is 2.18. The largest absolute Gasteiger partial charge is 0.360 e. The van der Waals surface area contributed by atoms with Crippen LogP contribution < -0.4 is 0 Å². The van der Waals surface area contributed by atoms with Gasteiger partial charge in [-0.15, -0.1) is 3.94 Å². The Hall–Kier alpha value is -1.03. The molecule has 0 bridgehead atoms. The number of hydrogen-bond donors (Lipinski definition) is 1. The maximum Gasteiger partial charge on any atom is 0.181 e. The zero-order valence-electron chi connectivity index (χ0n) is 7.71. The number of para-hydroxylation sites is 1. The summed E-state index contributed by atoms with van der Waals surface area (Å²) in [5.74, 6) is -0.113. The number of aromatic amines is 1. The number of carbonyl (C=O) groups excluding carboxylic acids is 1. The van der Waals surface area contributed by atoms with E-state index >= 15 is 0 Å². The minimum Gasteiger partial charge on any atom is -0.360 e. The quantitative estimate of drug-likeness (QED) is 0.664. The van der Waals surface area contributed by atoms with E-state index in [-0.39, 0.29) is 12.3 Å². The second-order valence-corrected chi connectivity index (χ2v) is 4.12. The fraction of sp³-hybridized carbons (Fsp3) is 0.100. The Morgan fingerprint density at radius 1 is 1.33 bits per heavy atom. The SMILES string of the molecule is O=C(CN(Cl)Cl)c1c[nH]c2ccccc12. The van der Waals surface area contributed by atoms with Crippen LogP contribution in [0.2, 0.25) is 0 Å². The predicted octanol–water partition coefficient (Wildman–Crippen LogP) is 2.96. The fourth-order valence-electron chi connectivity index (χ4n) is 1.50. The smallest absolute Gasteiger partial charge is 0.181 e. The lowest BCUT2D eigenvalue weighted by atomic mass is 10.1. The molecule has 0 fully saturated rings. The van der Waals surface area contributed by atoms with Crippen LogP contribution in [0.1, 0.15) is 10.4 Å². The lowest BCUT2D eigenvalue weighted by Gasteiger charge is -2.01. The summed E-state index contributed by atoms with van der Waals surface area (Å²) < 4.78 is 0.824. The predicted molar refractivity (Wildman–Crippen MR) is 61.0 cm³/mol. The Morgan fingerprint density at radius 3 is 2.80 bits per heavy atom. The summed E-state index contributed by atoms with van der Waals surface area (Å²) in [6, 6.07) is 7.58. The molecule has 78 valence electrons. The highest BCUT2D eigenvalue weighted by molar-refractivity contribution is 6.35. The van der Waals surface area contributed by atoms with Crippen LogP contribution in [0, 0.1) is 0 Å². The highest BCUT2D eigenvalue weighted by Gasteiger charge is 2.13. The number of hydrogen-bond acceptors (Lipinski definition) is 2. The van der Waals surface area contributed by atoms with Crippen molar-refractivity contribution in [3.8, 4) is 0 Å². The first-order valence-corrected chi connectivity index (χ1v) is 5.04. The number of fused-ring (bicyclic) bond motifs is 1. The van der Waals surface area contributed by atoms with Gasteiger partial charge in [0.1, 0.15) is 0 Å². The van der Waals surface area contributed by atoms with Gasteiger partial charge in [-0.05, 0) is 29.6 Å². The Labute approximate surface area is 96.8 Å². The van der Waals surface area contributed by atoms with E-state index in [2.05, 4.69) is 4.98 Å². The maximum atomic E-state index is 11.7. The Morgan fingerprint density at radius 2 is 2.07 bits per heavy atom. The molecule has 1 heterocycles. The highest BCUT2D eigenvalue weighted by atomic mass is 35.5. The standard InChI is InChI=1S/C10H8Cl2N2O/c11-14(12)6-10(15)8-5-13-9-4-2-1-3-7(8)9/h1-5,13H,6H2. The summed E-state index contributed by atoms with van der Waals surface area (Å²) >= 11 is 10.8. The van der Waals surface area contributed by atoms with Gasteiger partial charge in [0.05, 0.1) is 6.54 Å². The van der Waals surface area contributed by atoms with Gasteiger partial charge in [-0.1, -0.05) is 18.2 Å². The van der Waals surface area contributed by atoms with Crippen LogP contribution in [-0.2, 0) is 0 Å². The molecule has 0 aliphatic heterocycles. The Bertz CT molecular complexity index is 493. The van der Waals surface area contributed by atoms with Gasteiger partial charge in [0.15, 0.2) is 5.78 Å². The van der Waals surface area contributed by atoms with Gasteiger partial charge in [0, 0.05) is 22.7 Å². The summed E-state index contributed by atoms with van der Waals surface area (Å²) in [7, 11) is 0. The molecular weight excluding hydrogens is 235 g/mol. The minimum atomic E-state index is -0.113. The molecule has 0 amide bonds. The molecule has 0 saturated heterocycles. The molecule has 0 radical (unpaired) electrons. The summed E-state index contributed by atoms with van der Waals surface area (Å²) in [5.41, 5.74) is 1.54. The third-order valence-electron chi connectivity index (χ3n) is 2.15. The molecule has 2 aromatic rings. The normalized spacial score (nSPS) is 11.1. The van der Waals surface area contributed by atoms with Crippen molar-refractivity contribution in [2.75, 3.05) is 6.54 Å². The average Bonchev–Trinajstić information content (AvgIpc) is 2.59. The molecule has 0 saturated carbocycles. The molecule has 2 rings (SSSR count). The summed E-state index contributed by atoms with van der Waals surface area (Å²) in [5, 5.41) is 0.887. The van der Waals surface area contributed by atoms with Gasteiger partial charge in [-0.25, -0.2) is 0 Å². The topological polar surface area (TPSA) is 36.1 Å². The molecule has 1 aromatic carbocycles. The molecule has 0 aliphatic carbocycles. The first kappa shape index (κ1) is 10.5. The number of nitrogens with one attached hydrogen (secondary N) is 1. The van der Waals surface area contributed by atoms with Crippen LogP contribution in [0.25, 0.3) is 10.9 Å². The van der Waals surface area contributed by atoms with Gasteiger partial charge in [0.25, 0.3) is 0 Å². The van der Waals surface area contributed by atoms with Crippen molar-refractivity contribution in [2.24, 2.45) is 0 Å². The van der Waals surface area contributed by atoms with Crippen molar-refractivity contribution in [3.05, 3.63) is 36.0 Å². The third kappa shape index (κ3) is 2.15. The Kier molecular flexibility index (Phi) is 2.95. The third-order valence-corrected chi connectivity index (χ3v) is 2.39. The molecule has 5 heteroatoms. The molecule has 3 nitrogen and oxygen atoms in total. The van der Waals surface area contributed by atoms with Crippen molar-refractivity contribution in [1.82, 2.24) is 8.92 Å². The molecule has 0 atom stereocenters. The number of aromatic nitrogens is 1. The van der Waals surface area contributed by atoms with Crippen LogP contribution in [0.4, 0.5) is 0 Å². The number of halogens is 2. The second-order valence-electron chi connectivity index (χ2n) is 3.13. The molecule has 15 heavy (non-hydrogen) atoms. The summed E-state index contributed by atoms with van der Waals surface area (Å²) in [4.78, 5) is 14.7. The monoisotopic (exact) mass is 242 g/mol. The molecule has 1 N–H and O–H groups in total. The van der Waals surface area contributed by atoms with Crippen molar-refractivity contribution in [1.29, 1.82) is 0 Å². The van der Waals surface area contributed by atoms with E-state index in [1.807, 2.05) is 24.3 Å². The molecular formula is C10H8Cl2N2O. The number of benzene rings is 1. The average molecular weight is 243 g/mol. The van der Waals surface area contributed by atoms with Crippen LogP contribution >= 0.6 is 23.6 Å². The van der Waals surface area contributed by atoms with Crippen LogP contribution in [0.5, 0.6) is 0 Å². The zero-order chi connectivity index (χ0) is 10.8. The molecule has 0 aliphatic rings. The van der Waals surface area contributed by atoms with E-state index in [1.54, 1.807) is 6.20 Å². The number of Topliss-reactive ketones (excluding diaryl/α,β-unsaturated/α-hetero) is 1. The molecule has 0 unspecified atom stereocenters. The van der Waals surface area contributed by atoms with E-state index in [1.165, 1.54) is 0 Å². The van der Waals surface area contributed by atoms with Crippen LogP contribution in [0.3, 0.4) is 0 Å². The lowest BCUT2D eigenvalue weighted by Crippen LogP contribution is -2.13. The van der Waals surface area contributed by atoms with Crippen LogP contribution in [-0.4, -0.2) is 21.3 Å². The molecule has 1 aromatic heterocycles. The fourth-order valence-corrected chi connectivity index (χ4v) is 1.71.